The van der Waals surface area contributed by atoms with Gasteiger partial charge < -0.3 is 14.6 Å². The molecule has 0 saturated carbocycles. The zero-order chi connectivity index (χ0) is 15.9. The summed E-state index contributed by atoms with van der Waals surface area (Å²) in [6.07, 6.45) is 1.63. The van der Waals surface area contributed by atoms with Crippen molar-refractivity contribution in [2.75, 3.05) is 13.7 Å². The van der Waals surface area contributed by atoms with Gasteiger partial charge in [-0.05, 0) is 48.4 Å². The molecular weight excluding hydrogens is 280 g/mol. The van der Waals surface area contributed by atoms with E-state index in [4.69, 9.17) is 9.47 Å². The van der Waals surface area contributed by atoms with Gasteiger partial charge in [-0.1, -0.05) is 24.3 Å². The van der Waals surface area contributed by atoms with Crippen molar-refractivity contribution >= 4 is 17.6 Å². The van der Waals surface area contributed by atoms with E-state index in [-0.39, 0.29) is 5.57 Å². The topological polar surface area (TPSA) is 55.8 Å². The van der Waals surface area contributed by atoms with Crippen LogP contribution in [-0.4, -0.2) is 24.8 Å². The first-order valence-electron chi connectivity index (χ1n) is 6.96. The van der Waals surface area contributed by atoms with Gasteiger partial charge in [-0.25, -0.2) is 4.79 Å². The maximum atomic E-state index is 11.5. The summed E-state index contributed by atoms with van der Waals surface area (Å²) in [5.74, 6) is 0.399. The predicted molar refractivity (Wildman–Crippen MR) is 86.1 cm³/mol. The maximum Gasteiger partial charge on any atom is 0.336 e. The molecule has 0 heterocycles. The van der Waals surface area contributed by atoms with Gasteiger partial charge in [0.05, 0.1) is 19.3 Å². The molecule has 0 bridgehead atoms. The van der Waals surface area contributed by atoms with Crippen LogP contribution in [0.5, 0.6) is 11.5 Å². The van der Waals surface area contributed by atoms with E-state index in [1.807, 2.05) is 31.2 Å². The lowest BCUT2D eigenvalue weighted by Gasteiger charge is -2.07. The highest BCUT2D eigenvalue weighted by molar-refractivity contribution is 6.20. The lowest BCUT2D eigenvalue weighted by molar-refractivity contribution is -0.130. The zero-order valence-electron chi connectivity index (χ0n) is 12.6. The Balaban J connectivity index is 2.36. The highest BCUT2D eigenvalue weighted by Gasteiger charge is 2.11. The number of rotatable bonds is 6. The van der Waals surface area contributed by atoms with Crippen LogP contribution in [0.3, 0.4) is 0 Å². The van der Waals surface area contributed by atoms with Crippen LogP contribution >= 0.6 is 0 Å². The van der Waals surface area contributed by atoms with Crippen LogP contribution < -0.4 is 9.47 Å². The maximum absolute atomic E-state index is 11.5. The molecule has 0 amide bonds. The minimum atomic E-state index is -0.984. The summed E-state index contributed by atoms with van der Waals surface area (Å²) in [4.78, 5) is 11.5. The number of benzene rings is 2. The van der Waals surface area contributed by atoms with E-state index >= 15 is 0 Å². The molecule has 1 N–H and O–H groups in total. The van der Waals surface area contributed by atoms with Crippen LogP contribution in [-0.2, 0) is 4.79 Å². The Kier molecular flexibility index (Phi) is 5.20. The SMILES string of the molecule is CCOc1ccc(/C=C(/C(=O)O)c2cccc(OC)c2)cc1. The second-order valence-electron chi connectivity index (χ2n) is 4.60. The zero-order valence-corrected chi connectivity index (χ0v) is 12.6. The van der Waals surface area contributed by atoms with E-state index < -0.39 is 5.97 Å². The standard InChI is InChI=1S/C18H18O4/c1-3-22-15-9-7-13(8-10-15)11-17(18(19)20)14-5-4-6-16(12-14)21-2/h4-12H,3H2,1-2H3,(H,19,20)/b17-11+. The van der Waals surface area contributed by atoms with E-state index in [9.17, 15) is 9.90 Å². The molecule has 114 valence electrons. The van der Waals surface area contributed by atoms with Gasteiger partial charge in [-0.3, -0.25) is 0 Å². The van der Waals surface area contributed by atoms with Gasteiger partial charge in [0, 0.05) is 0 Å². The van der Waals surface area contributed by atoms with E-state index in [0.717, 1.165) is 11.3 Å². The Labute approximate surface area is 129 Å². The highest BCUT2D eigenvalue weighted by atomic mass is 16.5. The molecule has 2 aromatic carbocycles. The van der Waals surface area contributed by atoms with Crippen molar-refractivity contribution in [2.24, 2.45) is 0 Å². The third-order valence-electron chi connectivity index (χ3n) is 3.11. The molecule has 0 atom stereocenters. The average molecular weight is 298 g/mol. The minimum absolute atomic E-state index is 0.211. The summed E-state index contributed by atoms with van der Waals surface area (Å²) >= 11 is 0. The van der Waals surface area contributed by atoms with Crippen molar-refractivity contribution in [3.63, 3.8) is 0 Å². The van der Waals surface area contributed by atoms with Gasteiger partial charge in [0.15, 0.2) is 0 Å². The average Bonchev–Trinajstić information content (AvgIpc) is 2.54. The fraction of sp³-hybridized carbons (Fsp3) is 0.167. The molecule has 0 aliphatic carbocycles. The Hall–Kier alpha value is -2.75. The molecule has 4 nitrogen and oxygen atoms in total. The molecule has 0 aromatic heterocycles. The summed E-state index contributed by atoms with van der Waals surface area (Å²) in [5.41, 5.74) is 1.60. The number of methoxy groups -OCH3 is 1. The van der Waals surface area contributed by atoms with E-state index in [1.165, 1.54) is 0 Å². The summed E-state index contributed by atoms with van der Waals surface area (Å²) in [6.45, 7) is 2.51. The third-order valence-corrected chi connectivity index (χ3v) is 3.11. The first kappa shape index (κ1) is 15.6. The lowest BCUT2D eigenvalue weighted by atomic mass is 10.0. The van der Waals surface area contributed by atoms with E-state index in [0.29, 0.717) is 17.9 Å². The van der Waals surface area contributed by atoms with Crippen LogP contribution in [0.25, 0.3) is 11.6 Å². The minimum Gasteiger partial charge on any atom is -0.497 e. The molecule has 0 spiro atoms. The summed E-state index contributed by atoms with van der Waals surface area (Å²) in [7, 11) is 1.55. The largest absolute Gasteiger partial charge is 0.497 e. The van der Waals surface area contributed by atoms with Crippen LogP contribution in [0.15, 0.2) is 48.5 Å². The fourth-order valence-corrected chi connectivity index (χ4v) is 2.05. The molecule has 4 heteroatoms. The molecule has 2 rings (SSSR count). The second-order valence-corrected chi connectivity index (χ2v) is 4.60. The number of aliphatic carboxylic acids is 1. The second kappa shape index (κ2) is 7.31. The molecule has 0 aliphatic heterocycles. The van der Waals surface area contributed by atoms with Crippen molar-refractivity contribution in [1.29, 1.82) is 0 Å². The predicted octanol–water partition coefficient (Wildman–Crippen LogP) is 3.72. The number of carbonyl (C=O) groups is 1. The quantitative estimate of drug-likeness (QED) is 0.652. The van der Waals surface area contributed by atoms with Crippen molar-refractivity contribution in [2.45, 2.75) is 6.92 Å². The van der Waals surface area contributed by atoms with Crippen molar-refractivity contribution < 1.29 is 19.4 Å². The number of carboxylic acids is 1. The molecular formula is C18H18O4. The van der Waals surface area contributed by atoms with Gasteiger partial charge >= 0.3 is 5.97 Å². The first-order valence-corrected chi connectivity index (χ1v) is 6.96. The van der Waals surface area contributed by atoms with Gasteiger partial charge in [0.1, 0.15) is 11.5 Å². The van der Waals surface area contributed by atoms with Gasteiger partial charge in [-0.15, -0.1) is 0 Å². The molecule has 22 heavy (non-hydrogen) atoms. The number of carboxylic acid groups (broad SMARTS) is 1. The Morgan fingerprint density at radius 1 is 1.14 bits per heavy atom. The molecule has 0 unspecified atom stereocenters. The van der Waals surface area contributed by atoms with Crippen molar-refractivity contribution in [1.82, 2.24) is 0 Å². The molecule has 0 radical (unpaired) electrons. The summed E-state index contributed by atoms with van der Waals surface area (Å²) in [5, 5.41) is 9.46. The number of ether oxygens (including phenoxy) is 2. The Bertz CT molecular complexity index is 672. The number of hydrogen-bond donors (Lipinski definition) is 1. The number of hydrogen-bond acceptors (Lipinski definition) is 3. The smallest absolute Gasteiger partial charge is 0.336 e. The summed E-state index contributed by atoms with van der Waals surface area (Å²) in [6, 6.07) is 14.3. The van der Waals surface area contributed by atoms with E-state index in [2.05, 4.69) is 0 Å². The normalized spacial score (nSPS) is 11.1. The summed E-state index contributed by atoms with van der Waals surface area (Å²) < 4.78 is 10.5. The lowest BCUT2D eigenvalue weighted by Crippen LogP contribution is -2.00. The van der Waals surface area contributed by atoms with Crippen LogP contribution in [0, 0.1) is 0 Å². The van der Waals surface area contributed by atoms with Crippen LogP contribution in [0.2, 0.25) is 0 Å². The van der Waals surface area contributed by atoms with Crippen molar-refractivity contribution in [3.8, 4) is 11.5 Å². The monoisotopic (exact) mass is 298 g/mol. The fourth-order valence-electron chi connectivity index (χ4n) is 2.05. The van der Waals surface area contributed by atoms with Gasteiger partial charge in [0.25, 0.3) is 0 Å². The molecule has 2 aromatic rings. The van der Waals surface area contributed by atoms with Crippen LogP contribution in [0.4, 0.5) is 0 Å². The van der Waals surface area contributed by atoms with Gasteiger partial charge in [0.2, 0.25) is 0 Å². The van der Waals surface area contributed by atoms with Gasteiger partial charge in [-0.2, -0.15) is 0 Å². The van der Waals surface area contributed by atoms with Crippen molar-refractivity contribution in [3.05, 3.63) is 59.7 Å². The van der Waals surface area contributed by atoms with Crippen LogP contribution in [0.1, 0.15) is 18.1 Å². The Morgan fingerprint density at radius 2 is 1.86 bits per heavy atom. The highest BCUT2D eigenvalue weighted by Crippen LogP contribution is 2.23. The van der Waals surface area contributed by atoms with E-state index in [1.54, 1.807) is 37.5 Å². The first-order chi connectivity index (χ1) is 10.6. The molecule has 0 saturated heterocycles. The molecule has 0 aliphatic rings. The third kappa shape index (κ3) is 3.88. The Morgan fingerprint density at radius 3 is 2.45 bits per heavy atom. The molecule has 0 fully saturated rings.